The zero-order valence-corrected chi connectivity index (χ0v) is 53.4. The van der Waals surface area contributed by atoms with E-state index in [4.69, 9.17) is 11.5 Å². The van der Waals surface area contributed by atoms with Gasteiger partial charge in [-0.05, 0) is 103 Å². The number of aromatic hydroxyl groups is 2. The van der Waals surface area contributed by atoms with Crippen molar-refractivity contribution in [3.8, 4) is 11.5 Å². The number of nitrogens with one attached hydrogen (secondary N) is 10. The minimum atomic E-state index is -2.04. The van der Waals surface area contributed by atoms with Crippen molar-refractivity contribution in [1.82, 2.24) is 57.7 Å². The topological polar surface area (TPSA) is 445 Å². The first kappa shape index (κ1) is 72.1. The van der Waals surface area contributed by atoms with Crippen LogP contribution in [0, 0.1) is 11.8 Å². The number of carbonyl (C=O) groups is 12. The number of carboxylic acid groups (broad SMARTS) is 1. The highest BCUT2D eigenvalue weighted by molar-refractivity contribution is 6.01. The third-order valence-electron chi connectivity index (χ3n) is 16.5. The normalized spacial score (nSPS) is 23.6. The summed E-state index contributed by atoms with van der Waals surface area (Å²) in [6, 6.07) is 11.2. The van der Waals surface area contributed by atoms with Crippen molar-refractivity contribution in [2.24, 2.45) is 23.3 Å². The minimum Gasteiger partial charge on any atom is -0.508 e. The summed E-state index contributed by atoms with van der Waals surface area (Å²) >= 11 is 0. The van der Waals surface area contributed by atoms with Gasteiger partial charge in [-0.2, -0.15) is 0 Å². The summed E-state index contributed by atoms with van der Waals surface area (Å²) in [6.07, 6.45) is -0.963. The molecule has 0 spiro atoms. The van der Waals surface area contributed by atoms with Gasteiger partial charge in [0, 0.05) is 49.3 Å². The SMILES string of the molecule is CC(C)CC1NC(=O)C(CCCN)NC(=O)C(C(C)C)NC(=O)C(Cc2c[nH]c3ccccc23)NC(=O)C(CC(=O)O)NC(=O)C(CC(N)=O)NC(=O)C(Cc2ccc(O)cc2)NC(=O)C(Cc2ccccc2)NC(=O)C2CCCN2C(=O)C(Cc2ccc(O)cc2)NC1=O. The van der Waals surface area contributed by atoms with Crippen LogP contribution in [-0.4, -0.2) is 170 Å². The number of aliphatic carboxylic acids is 1. The molecule has 0 aliphatic carbocycles. The Balaban J connectivity index is 1.33. The minimum absolute atomic E-state index is 0.0162. The largest absolute Gasteiger partial charge is 0.508 e. The lowest BCUT2D eigenvalue weighted by Crippen LogP contribution is -2.62. The molecule has 95 heavy (non-hydrogen) atoms. The van der Waals surface area contributed by atoms with Crippen LogP contribution in [0.4, 0.5) is 0 Å². The molecular weight excluding hydrogens is 1230 g/mol. The predicted molar refractivity (Wildman–Crippen MR) is 347 cm³/mol. The van der Waals surface area contributed by atoms with E-state index in [0.717, 1.165) is 0 Å². The lowest BCUT2D eigenvalue weighted by molar-refractivity contribution is -0.142. The smallest absolute Gasteiger partial charge is 0.305 e. The molecule has 10 unspecified atom stereocenters. The molecule has 1 aromatic heterocycles. The number of primary amides is 1. The van der Waals surface area contributed by atoms with Gasteiger partial charge in [0.15, 0.2) is 0 Å². The Morgan fingerprint density at radius 3 is 1.53 bits per heavy atom. The molecule has 2 aliphatic rings. The Morgan fingerprint density at radius 1 is 0.516 bits per heavy atom. The van der Waals surface area contributed by atoms with Crippen LogP contribution in [0.15, 0.2) is 109 Å². The average Bonchev–Trinajstić information content (AvgIpc) is 1.78. The van der Waals surface area contributed by atoms with Crippen molar-refractivity contribution in [2.75, 3.05) is 13.1 Å². The maximum Gasteiger partial charge on any atom is 0.305 e. The number of fused-ring (bicyclic) bond motifs is 2. The fraction of sp³-hybridized carbons (Fsp3) is 0.433. The van der Waals surface area contributed by atoms with Gasteiger partial charge < -0.3 is 84.5 Å². The van der Waals surface area contributed by atoms with Gasteiger partial charge in [-0.3, -0.25) is 57.5 Å². The fourth-order valence-electron chi connectivity index (χ4n) is 11.5. The van der Waals surface area contributed by atoms with Crippen LogP contribution in [0.1, 0.15) is 94.9 Å². The molecule has 508 valence electrons. The molecule has 10 atom stereocenters. The molecule has 0 radical (unpaired) electrons. The molecule has 2 aliphatic heterocycles. The molecule has 11 amide bonds. The van der Waals surface area contributed by atoms with Gasteiger partial charge in [-0.15, -0.1) is 0 Å². The number of hydrogen-bond acceptors (Lipinski definition) is 15. The number of phenols is 2. The number of carboxylic acids is 1. The number of H-pyrrole nitrogens is 1. The molecule has 28 nitrogen and oxygen atoms in total. The second-order valence-electron chi connectivity index (χ2n) is 24.7. The number of phenolic OH excluding ortho intramolecular Hbond substituents is 2. The number of carbonyl (C=O) groups excluding carboxylic acids is 11. The van der Waals surface area contributed by atoms with Crippen molar-refractivity contribution in [3.05, 3.63) is 132 Å². The quantitative estimate of drug-likeness (QED) is 0.0549. The predicted octanol–water partition coefficient (Wildman–Crippen LogP) is 0.00860. The summed E-state index contributed by atoms with van der Waals surface area (Å²) < 4.78 is 0. The number of aromatic nitrogens is 1. The molecule has 7 rings (SSSR count). The van der Waals surface area contributed by atoms with Gasteiger partial charge in [0.2, 0.25) is 65.0 Å². The highest BCUT2D eigenvalue weighted by Gasteiger charge is 2.42. The van der Waals surface area contributed by atoms with E-state index in [9.17, 15) is 68.1 Å². The van der Waals surface area contributed by atoms with Crippen molar-refractivity contribution >= 4 is 81.9 Å². The highest BCUT2D eigenvalue weighted by Crippen LogP contribution is 2.24. The lowest BCUT2D eigenvalue weighted by Gasteiger charge is -2.32. The van der Waals surface area contributed by atoms with Gasteiger partial charge in [0.05, 0.1) is 12.8 Å². The van der Waals surface area contributed by atoms with E-state index in [0.29, 0.717) is 39.6 Å². The van der Waals surface area contributed by atoms with E-state index in [1.807, 2.05) is 0 Å². The van der Waals surface area contributed by atoms with E-state index in [1.165, 1.54) is 41.3 Å². The maximum absolute atomic E-state index is 15.2. The molecule has 17 N–H and O–H groups in total. The van der Waals surface area contributed by atoms with E-state index in [2.05, 4.69) is 52.8 Å². The number of nitrogens with two attached hydrogens (primary N) is 2. The van der Waals surface area contributed by atoms with Crippen LogP contribution < -0.4 is 59.3 Å². The number of para-hydroxylation sites is 1. The number of aromatic amines is 1. The molecular formula is C67H85N13O15. The Morgan fingerprint density at radius 2 is 0.968 bits per heavy atom. The Kier molecular flexibility index (Phi) is 25.8. The van der Waals surface area contributed by atoms with Gasteiger partial charge in [-0.25, -0.2) is 0 Å². The van der Waals surface area contributed by atoms with Crippen LogP contribution in [0.2, 0.25) is 0 Å². The van der Waals surface area contributed by atoms with Crippen LogP contribution in [0.5, 0.6) is 11.5 Å². The molecule has 28 heteroatoms. The molecule has 5 aromatic rings. The summed E-state index contributed by atoms with van der Waals surface area (Å²) in [6.45, 7) is 6.87. The molecule has 3 heterocycles. The number of benzene rings is 4. The summed E-state index contributed by atoms with van der Waals surface area (Å²) in [7, 11) is 0. The summed E-state index contributed by atoms with van der Waals surface area (Å²) in [5.74, 6) is -13.6. The first-order chi connectivity index (χ1) is 45.3. The zero-order chi connectivity index (χ0) is 69.0. The standard InChI is InChI=1S/C67H85N13O15/c1-36(2)28-47-59(87)78-53(31-40-20-24-43(82)25-21-40)67(95)80-27-11-17-54(80)65(93)77-49(29-38-12-6-5-7-13-38)61(89)73-48(30-39-18-22-42(81)23-19-39)60(88)75-51(33-55(69)83)62(90)76-52(34-56(84)85)63(91)74-50(32-41-35-70-45-15-9-8-14-44(41)45)64(92)79-57(37(3)4)66(94)71-46(16-10-26-68)58(86)72-47/h5-9,12-15,18-25,35-37,46-54,57,70,81-82H,10-11,16-17,26-34,68H2,1-4H3,(H2,69,83)(H,71,94)(H,72,86)(H,73,89)(H,74,91)(H,75,88)(H,76,90)(H,77,93)(H,78,87)(H,79,92)(H,84,85). The maximum atomic E-state index is 15.2. The second kappa shape index (κ2) is 34.0. The average molecular weight is 1310 g/mol. The second-order valence-corrected chi connectivity index (χ2v) is 24.7. The molecule has 2 saturated heterocycles. The van der Waals surface area contributed by atoms with Crippen molar-refractivity contribution in [2.45, 2.75) is 159 Å². The fourth-order valence-corrected chi connectivity index (χ4v) is 11.5. The van der Waals surface area contributed by atoms with E-state index < -0.39 is 150 Å². The van der Waals surface area contributed by atoms with Crippen LogP contribution >= 0.6 is 0 Å². The van der Waals surface area contributed by atoms with Gasteiger partial charge in [0.25, 0.3) is 0 Å². The summed E-state index contributed by atoms with van der Waals surface area (Å²) in [4.78, 5) is 177. The molecule has 0 saturated carbocycles. The van der Waals surface area contributed by atoms with Crippen molar-refractivity contribution < 1.29 is 72.9 Å². The Bertz CT molecular complexity index is 3570. The summed E-state index contributed by atoms with van der Waals surface area (Å²) in [5, 5.41) is 54.8. The first-order valence-corrected chi connectivity index (χ1v) is 31.7. The lowest BCUT2D eigenvalue weighted by atomic mass is 9.98. The van der Waals surface area contributed by atoms with E-state index in [-0.39, 0.29) is 81.9 Å². The Hall–Kier alpha value is -10.4. The zero-order valence-electron chi connectivity index (χ0n) is 53.4. The van der Waals surface area contributed by atoms with Gasteiger partial charge >= 0.3 is 5.97 Å². The number of amides is 11. The van der Waals surface area contributed by atoms with Gasteiger partial charge in [0.1, 0.15) is 71.9 Å². The van der Waals surface area contributed by atoms with Gasteiger partial charge in [-0.1, -0.05) is 100 Å². The molecule has 2 fully saturated rings. The van der Waals surface area contributed by atoms with Crippen LogP contribution in [0.25, 0.3) is 10.9 Å². The van der Waals surface area contributed by atoms with Crippen molar-refractivity contribution in [3.63, 3.8) is 0 Å². The highest BCUT2D eigenvalue weighted by atomic mass is 16.4. The van der Waals surface area contributed by atoms with Crippen LogP contribution in [0.3, 0.4) is 0 Å². The Labute approximate surface area is 548 Å². The number of rotatable bonds is 18. The molecule has 4 aromatic carbocycles. The monoisotopic (exact) mass is 1310 g/mol. The van der Waals surface area contributed by atoms with Crippen LogP contribution in [-0.2, 0) is 83.2 Å². The summed E-state index contributed by atoms with van der Waals surface area (Å²) in [5.41, 5.74) is 14.1. The number of nitrogens with zero attached hydrogens (tertiary/aromatic N) is 1. The van der Waals surface area contributed by atoms with E-state index >= 15 is 4.79 Å². The third-order valence-corrected chi connectivity index (χ3v) is 16.5. The third kappa shape index (κ3) is 20.8. The van der Waals surface area contributed by atoms with Crippen molar-refractivity contribution in [1.29, 1.82) is 0 Å². The first-order valence-electron chi connectivity index (χ1n) is 31.7. The number of hydrogen-bond donors (Lipinski definition) is 15. The molecule has 0 bridgehead atoms. The van der Waals surface area contributed by atoms with E-state index in [1.54, 1.807) is 101 Å².